The molecule has 1 N–H and O–H groups in total. The molecular formula is C17H34N2O. The zero-order valence-electron chi connectivity index (χ0n) is 14.3. The highest BCUT2D eigenvalue weighted by atomic mass is 16.5. The van der Waals surface area contributed by atoms with Gasteiger partial charge in [-0.25, -0.2) is 0 Å². The second-order valence-corrected chi connectivity index (χ2v) is 7.98. The zero-order chi connectivity index (χ0) is 14.9. The summed E-state index contributed by atoms with van der Waals surface area (Å²) in [7, 11) is 2.27. The fourth-order valence-corrected chi connectivity index (χ4v) is 3.12. The normalized spacial score (nSPS) is 30.6. The van der Waals surface area contributed by atoms with E-state index in [2.05, 4.69) is 51.9 Å². The molecule has 0 bridgehead atoms. The Morgan fingerprint density at radius 3 is 2.40 bits per heavy atom. The van der Waals surface area contributed by atoms with E-state index in [0.29, 0.717) is 24.1 Å². The van der Waals surface area contributed by atoms with Gasteiger partial charge < -0.3 is 10.1 Å². The van der Waals surface area contributed by atoms with Crippen LogP contribution < -0.4 is 5.32 Å². The van der Waals surface area contributed by atoms with E-state index < -0.39 is 0 Å². The van der Waals surface area contributed by atoms with Gasteiger partial charge in [-0.15, -0.1) is 0 Å². The molecule has 3 nitrogen and oxygen atoms in total. The summed E-state index contributed by atoms with van der Waals surface area (Å²) >= 11 is 0. The van der Waals surface area contributed by atoms with Crippen LogP contribution in [0.3, 0.4) is 0 Å². The van der Waals surface area contributed by atoms with Crippen molar-refractivity contribution in [2.24, 2.45) is 11.3 Å². The van der Waals surface area contributed by atoms with Gasteiger partial charge in [0, 0.05) is 36.7 Å². The number of likely N-dealkylation sites (N-methyl/N-ethyl adjacent to an activating group) is 1. The first kappa shape index (κ1) is 16.3. The number of hydrogen-bond donors (Lipinski definition) is 1. The third kappa shape index (κ3) is 3.75. The maximum Gasteiger partial charge on any atom is 0.0656 e. The van der Waals surface area contributed by atoms with Crippen molar-refractivity contribution in [3.8, 4) is 0 Å². The Morgan fingerprint density at radius 1 is 1.25 bits per heavy atom. The molecule has 0 aromatic carbocycles. The maximum absolute atomic E-state index is 6.04. The van der Waals surface area contributed by atoms with E-state index in [0.717, 1.165) is 19.2 Å². The zero-order valence-corrected chi connectivity index (χ0v) is 14.3. The van der Waals surface area contributed by atoms with E-state index in [4.69, 9.17) is 4.74 Å². The Balaban J connectivity index is 1.69. The van der Waals surface area contributed by atoms with Gasteiger partial charge >= 0.3 is 0 Å². The highest BCUT2D eigenvalue weighted by Crippen LogP contribution is 2.43. The molecule has 0 aromatic heterocycles. The molecule has 20 heavy (non-hydrogen) atoms. The summed E-state index contributed by atoms with van der Waals surface area (Å²) in [6, 6.07) is 2.09. The lowest BCUT2D eigenvalue weighted by atomic mass is 9.64. The molecule has 2 aliphatic rings. The van der Waals surface area contributed by atoms with Crippen molar-refractivity contribution in [1.82, 2.24) is 10.2 Å². The molecular weight excluding hydrogens is 248 g/mol. The van der Waals surface area contributed by atoms with E-state index in [9.17, 15) is 0 Å². The summed E-state index contributed by atoms with van der Waals surface area (Å²) in [6.07, 6.45) is 4.38. The van der Waals surface area contributed by atoms with Crippen molar-refractivity contribution in [3.05, 3.63) is 0 Å². The van der Waals surface area contributed by atoms with Gasteiger partial charge in [-0.2, -0.15) is 0 Å². The topological polar surface area (TPSA) is 24.5 Å². The Kier molecular flexibility index (Phi) is 5.14. The van der Waals surface area contributed by atoms with Crippen molar-refractivity contribution in [2.75, 3.05) is 20.2 Å². The van der Waals surface area contributed by atoms with E-state index in [1.54, 1.807) is 0 Å². The highest BCUT2D eigenvalue weighted by Gasteiger charge is 2.48. The summed E-state index contributed by atoms with van der Waals surface area (Å²) in [6.45, 7) is 13.4. The summed E-state index contributed by atoms with van der Waals surface area (Å²) < 4.78 is 6.04. The average Bonchev–Trinajstić information content (AvgIpc) is 3.19. The summed E-state index contributed by atoms with van der Waals surface area (Å²) in [5.41, 5.74) is 0.271. The lowest BCUT2D eigenvalue weighted by Gasteiger charge is -2.52. The van der Waals surface area contributed by atoms with Gasteiger partial charge in [0.05, 0.1) is 6.10 Å². The van der Waals surface area contributed by atoms with Crippen molar-refractivity contribution in [3.63, 3.8) is 0 Å². The van der Waals surface area contributed by atoms with E-state index in [1.165, 1.54) is 19.3 Å². The molecule has 2 rings (SSSR count). The fourth-order valence-electron chi connectivity index (χ4n) is 3.12. The van der Waals surface area contributed by atoms with Crippen LogP contribution in [0, 0.1) is 11.3 Å². The lowest BCUT2D eigenvalue weighted by Crippen LogP contribution is -2.62. The lowest BCUT2D eigenvalue weighted by molar-refractivity contribution is -0.124. The van der Waals surface area contributed by atoms with E-state index in [1.807, 2.05) is 0 Å². The van der Waals surface area contributed by atoms with Crippen LogP contribution in [0.4, 0.5) is 0 Å². The smallest absolute Gasteiger partial charge is 0.0656 e. The van der Waals surface area contributed by atoms with Gasteiger partial charge in [-0.1, -0.05) is 27.7 Å². The van der Waals surface area contributed by atoms with Crippen molar-refractivity contribution in [2.45, 2.75) is 78.1 Å². The largest absolute Gasteiger partial charge is 0.377 e. The maximum atomic E-state index is 6.04. The molecule has 0 aliphatic heterocycles. The van der Waals surface area contributed by atoms with Crippen LogP contribution in [0.2, 0.25) is 0 Å². The fraction of sp³-hybridized carbons (Fsp3) is 1.00. The number of nitrogens with one attached hydrogen (secondary N) is 1. The van der Waals surface area contributed by atoms with Gasteiger partial charge in [0.2, 0.25) is 0 Å². The van der Waals surface area contributed by atoms with Crippen LogP contribution >= 0.6 is 0 Å². The Morgan fingerprint density at radius 2 is 1.90 bits per heavy atom. The minimum absolute atomic E-state index is 0.271. The monoisotopic (exact) mass is 282 g/mol. The van der Waals surface area contributed by atoms with Crippen LogP contribution in [0.15, 0.2) is 0 Å². The van der Waals surface area contributed by atoms with Crippen LogP contribution in [-0.2, 0) is 4.74 Å². The second kappa shape index (κ2) is 6.33. The van der Waals surface area contributed by atoms with E-state index >= 15 is 0 Å². The van der Waals surface area contributed by atoms with E-state index in [-0.39, 0.29) is 5.41 Å². The van der Waals surface area contributed by atoms with Crippen LogP contribution in [0.25, 0.3) is 0 Å². The standard InChI is InChI=1S/C17H34N2O/c1-12(2)11-20-16-9-15(17(16,4)5)18-10-13(3)19(6)14-7-8-14/h12-16,18H,7-11H2,1-6H3. The second-order valence-electron chi connectivity index (χ2n) is 7.98. The number of hydrogen-bond acceptors (Lipinski definition) is 3. The third-order valence-electron chi connectivity index (χ3n) is 5.29. The Labute approximate surface area is 125 Å². The van der Waals surface area contributed by atoms with Crippen LogP contribution in [-0.4, -0.2) is 49.3 Å². The first-order valence-corrected chi connectivity index (χ1v) is 8.39. The predicted octanol–water partition coefficient (Wildman–Crippen LogP) is 2.90. The predicted molar refractivity (Wildman–Crippen MR) is 85.0 cm³/mol. The van der Waals surface area contributed by atoms with Crippen LogP contribution in [0.1, 0.15) is 53.9 Å². The minimum atomic E-state index is 0.271. The molecule has 0 saturated heterocycles. The molecule has 2 aliphatic carbocycles. The van der Waals surface area contributed by atoms with Gasteiger partial charge in [0.1, 0.15) is 0 Å². The Bertz CT molecular complexity index is 312. The number of ether oxygens (including phenoxy) is 1. The molecule has 0 amide bonds. The van der Waals surface area contributed by atoms with Crippen molar-refractivity contribution in [1.29, 1.82) is 0 Å². The van der Waals surface area contributed by atoms with Crippen molar-refractivity contribution < 1.29 is 4.74 Å². The molecule has 3 atom stereocenters. The summed E-state index contributed by atoms with van der Waals surface area (Å²) in [4.78, 5) is 2.53. The third-order valence-corrected chi connectivity index (χ3v) is 5.29. The molecule has 0 spiro atoms. The highest BCUT2D eigenvalue weighted by molar-refractivity contribution is 5.03. The molecule has 0 aromatic rings. The first-order valence-electron chi connectivity index (χ1n) is 8.39. The number of rotatable bonds is 8. The average molecular weight is 282 g/mol. The molecule has 3 heteroatoms. The molecule has 0 heterocycles. The molecule has 2 saturated carbocycles. The minimum Gasteiger partial charge on any atom is -0.377 e. The molecule has 0 radical (unpaired) electrons. The summed E-state index contributed by atoms with van der Waals surface area (Å²) in [5, 5.41) is 3.77. The van der Waals surface area contributed by atoms with Gasteiger partial charge in [-0.3, -0.25) is 4.90 Å². The SMILES string of the molecule is CC(C)COC1CC(NCC(C)N(C)C2CC2)C1(C)C. The van der Waals surface area contributed by atoms with Gasteiger partial charge in [-0.05, 0) is 39.2 Å². The van der Waals surface area contributed by atoms with Crippen molar-refractivity contribution >= 4 is 0 Å². The summed E-state index contributed by atoms with van der Waals surface area (Å²) in [5.74, 6) is 0.630. The molecule has 2 fully saturated rings. The Hall–Kier alpha value is -0.120. The quantitative estimate of drug-likeness (QED) is 0.741. The van der Waals surface area contributed by atoms with Gasteiger partial charge in [0.25, 0.3) is 0 Å². The number of nitrogens with zero attached hydrogens (tertiary/aromatic N) is 1. The molecule has 118 valence electrons. The first-order chi connectivity index (χ1) is 9.32. The molecule has 3 unspecified atom stereocenters. The van der Waals surface area contributed by atoms with Gasteiger partial charge in [0.15, 0.2) is 0 Å². The van der Waals surface area contributed by atoms with Crippen LogP contribution in [0.5, 0.6) is 0 Å².